The van der Waals surface area contributed by atoms with Gasteiger partial charge in [0.2, 0.25) is 0 Å². The monoisotopic (exact) mass is 204 g/mol. The van der Waals surface area contributed by atoms with Crippen molar-refractivity contribution < 1.29 is 19.0 Å². The lowest BCUT2D eigenvalue weighted by atomic mass is 10.4. The Labute approximate surface area is 78.8 Å². The molecule has 0 aliphatic rings. The lowest BCUT2D eigenvalue weighted by Crippen LogP contribution is -2.01. The van der Waals surface area contributed by atoms with Crippen LogP contribution in [0.1, 0.15) is 16.1 Å². The van der Waals surface area contributed by atoms with Gasteiger partial charge in [0.05, 0.1) is 13.3 Å². The minimum Gasteiger partial charge on any atom is -0.492 e. The molecule has 0 amide bonds. The molecule has 0 spiro atoms. The molecule has 0 fully saturated rings. The van der Waals surface area contributed by atoms with Crippen molar-refractivity contribution in [3.8, 4) is 5.75 Å². The third-order valence-corrected chi connectivity index (χ3v) is 2.24. The second kappa shape index (κ2) is 4.81. The maximum atomic E-state index is 11.7. The maximum Gasteiger partial charge on any atom is 0.349 e. The Morgan fingerprint density at radius 1 is 1.69 bits per heavy atom. The fourth-order valence-electron chi connectivity index (χ4n) is 0.804. The fourth-order valence-corrected chi connectivity index (χ4v) is 1.48. The molecule has 0 bridgehead atoms. The standard InChI is InChI=1S/C8H9FO3S/c9-3-1-4-12-6-2-5-13-7(6)8(10)11/h2,5H,1,3-4H2,(H,10,11). The predicted octanol–water partition coefficient (Wildman–Crippen LogP) is 2.18. The summed E-state index contributed by atoms with van der Waals surface area (Å²) in [7, 11) is 0. The van der Waals surface area contributed by atoms with Crippen LogP contribution in [0.15, 0.2) is 11.4 Å². The van der Waals surface area contributed by atoms with E-state index in [9.17, 15) is 9.18 Å². The minimum atomic E-state index is -1.01. The van der Waals surface area contributed by atoms with Gasteiger partial charge in [0.25, 0.3) is 0 Å². The third kappa shape index (κ3) is 2.69. The van der Waals surface area contributed by atoms with Crippen molar-refractivity contribution in [2.24, 2.45) is 0 Å². The highest BCUT2D eigenvalue weighted by Crippen LogP contribution is 2.24. The number of ether oxygens (including phenoxy) is 1. The summed E-state index contributed by atoms with van der Waals surface area (Å²) in [6.45, 7) is -0.236. The third-order valence-electron chi connectivity index (χ3n) is 1.36. The number of carboxylic acid groups (broad SMARTS) is 1. The quantitative estimate of drug-likeness (QED) is 0.748. The van der Waals surface area contributed by atoms with Crippen LogP contribution in [0.3, 0.4) is 0 Å². The van der Waals surface area contributed by atoms with Crippen molar-refractivity contribution >= 4 is 17.3 Å². The first kappa shape index (κ1) is 9.98. The van der Waals surface area contributed by atoms with E-state index in [2.05, 4.69) is 0 Å². The van der Waals surface area contributed by atoms with E-state index in [1.165, 1.54) is 0 Å². The Kier molecular flexibility index (Phi) is 3.70. The van der Waals surface area contributed by atoms with Gasteiger partial charge in [-0.15, -0.1) is 11.3 Å². The summed E-state index contributed by atoms with van der Waals surface area (Å²) >= 11 is 1.10. The van der Waals surface area contributed by atoms with Crippen molar-refractivity contribution in [1.82, 2.24) is 0 Å². The number of carbonyl (C=O) groups is 1. The molecule has 0 saturated heterocycles. The predicted molar refractivity (Wildman–Crippen MR) is 47.4 cm³/mol. The zero-order chi connectivity index (χ0) is 9.68. The van der Waals surface area contributed by atoms with Gasteiger partial charge in [-0.1, -0.05) is 0 Å². The normalized spacial score (nSPS) is 9.92. The van der Waals surface area contributed by atoms with Gasteiger partial charge in [0.15, 0.2) is 4.88 Å². The number of aromatic carboxylic acids is 1. The van der Waals surface area contributed by atoms with E-state index in [-0.39, 0.29) is 17.9 Å². The Bertz CT molecular complexity index is 285. The Balaban J connectivity index is 2.55. The summed E-state index contributed by atoms with van der Waals surface area (Å²) in [6.07, 6.45) is 0.287. The summed E-state index contributed by atoms with van der Waals surface area (Å²) in [4.78, 5) is 10.7. The molecule has 0 unspecified atom stereocenters. The molecule has 0 aliphatic carbocycles. The molecule has 1 rings (SSSR count). The molecule has 3 nitrogen and oxygen atoms in total. The minimum absolute atomic E-state index is 0.166. The van der Waals surface area contributed by atoms with Crippen molar-refractivity contribution in [2.75, 3.05) is 13.3 Å². The molecule has 0 radical (unpaired) electrons. The fraction of sp³-hybridized carbons (Fsp3) is 0.375. The molecule has 72 valence electrons. The van der Waals surface area contributed by atoms with E-state index in [0.717, 1.165) is 11.3 Å². The van der Waals surface area contributed by atoms with Gasteiger partial charge in [-0.25, -0.2) is 4.79 Å². The van der Waals surface area contributed by atoms with Gasteiger partial charge in [0.1, 0.15) is 5.75 Å². The largest absolute Gasteiger partial charge is 0.492 e. The molecule has 1 heterocycles. The smallest absolute Gasteiger partial charge is 0.349 e. The first-order valence-corrected chi connectivity index (χ1v) is 4.63. The average Bonchev–Trinajstić information content (AvgIpc) is 2.53. The van der Waals surface area contributed by atoms with Crippen LogP contribution >= 0.6 is 11.3 Å². The molecule has 1 N–H and O–H groups in total. The van der Waals surface area contributed by atoms with E-state index in [0.29, 0.717) is 5.75 Å². The van der Waals surface area contributed by atoms with Crippen LogP contribution in [0.5, 0.6) is 5.75 Å². The lowest BCUT2D eigenvalue weighted by Gasteiger charge is -2.02. The lowest BCUT2D eigenvalue weighted by molar-refractivity contribution is 0.0698. The van der Waals surface area contributed by atoms with Crippen LogP contribution in [0.4, 0.5) is 4.39 Å². The van der Waals surface area contributed by atoms with Gasteiger partial charge in [0, 0.05) is 6.42 Å². The molecule has 13 heavy (non-hydrogen) atoms. The van der Waals surface area contributed by atoms with Gasteiger partial charge < -0.3 is 9.84 Å². The van der Waals surface area contributed by atoms with E-state index in [4.69, 9.17) is 9.84 Å². The Hall–Kier alpha value is -1.10. The van der Waals surface area contributed by atoms with Gasteiger partial charge in [-0.3, -0.25) is 4.39 Å². The molecule has 0 aliphatic heterocycles. The molecule has 0 aromatic carbocycles. The van der Waals surface area contributed by atoms with Crippen LogP contribution in [-0.4, -0.2) is 24.4 Å². The molecule has 1 aromatic rings. The maximum absolute atomic E-state index is 11.7. The van der Waals surface area contributed by atoms with E-state index in [1.54, 1.807) is 11.4 Å². The number of rotatable bonds is 5. The summed E-state index contributed by atoms with van der Waals surface area (Å²) in [5, 5.41) is 10.3. The summed E-state index contributed by atoms with van der Waals surface area (Å²) < 4.78 is 16.8. The van der Waals surface area contributed by atoms with E-state index in [1.807, 2.05) is 0 Å². The van der Waals surface area contributed by atoms with Crippen LogP contribution in [-0.2, 0) is 0 Å². The zero-order valence-corrected chi connectivity index (χ0v) is 7.64. The zero-order valence-electron chi connectivity index (χ0n) is 6.83. The second-order valence-corrected chi connectivity index (χ2v) is 3.23. The number of halogens is 1. The molecule has 0 saturated carbocycles. The highest BCUT2D eigenvalue weighted by molar-refractivity contribution is 7.12. The van der Waals surface area contributed by atoms with E-state index >= 15 is 0 Å². The Morgan fingerprint density at radius 3 is 3.08 bits per heavy atom. The molecule has 1 aromatic heterocycles. The first-order valence-electron chi connectivity index (χ1n) is 3.75. The van der Waals surface area contributed by atoms with Crippen molar-refractivity contribution in [2.45, 2.75) is 6.42 Å². The van der Waals surface area contributed by atoms with Crippen molar-refractivity contribution in [3.05, 3.63) is 16.3 Å². The number of carboxylic acids is 1. The SMILES string of the molecule is O=C(O)c1sccc1OCCCF. The number of alkyl halides is 1. The van der Waals surface area contributed by atoms with Crippen molar-refractivity contribution in [3.63, 3.8) is 0 Å². The average molecular weight is 204 g/mol. The van der Waals surface area contributed by atoms with Crippen LogP contribution in [0, 0.1) is 0 Å². The first-order chi connectivity index (χ1) is 6.25. The summed E-state index contributed by atoms with van der Waals surface area (Å²) in [6, 6.07) is 1.58. The highest BCUT2D eigenvalue weighted by Gasteiger charge is 2.12. The molecular formula is C8H9FO3S. The van der Waals surface area contributed by atoms with Gasteiger partial charge in [-0.2, -0.15) is 0 Å². The van der Waals surface area contributed by atoms with Crippen molar-refractivity contribution in [1.29, 1.82) is 0 Å². The number of hydrogen-bond acceptors (Lipinski definition) is 3. The topological polar surface area (TPSA) is 46.5 Å². The van der Waals surface area contributed by atoms with E-state index < -0.39 is 12.6 Å². The van der Waals surface area contributed by atoms with Crippen LogP contribution in [0.2, 0.25) is 0 Å². The van der Waals surface area contributed by atoms with Gasteiger partial charge >= 0.3 is 5.97 Å². The Morgan fingerprint density at radius 2 is 2.46 bits per heavy atom. The molecular weight excluding hydrogens is 195 g/mol. The van der Waals surface area contributed by atoms with Crippen LogP contribution in [0.25, 0.3) is 0 Å². The van der Waals surface area contributed by atoms with Crippen LogP contribution < -0.4 is 4.74 Å². The molecule has 0 atom stereocenters. The number of hydrogen-bond donors (Lipinski definition) is 1. The summed E-state index contributed by atoms with van der Waals surface area (Å²) in [5.74, 6) is -0.684. The number of thiophene rings is 1. The highest BCUT2D eigenvalue weighted by atomic mass is 32.1. The van der Waals surface area contributed by atoms with Gasteiger partial charge in [-0.05, 0) is 11.4 Å². The molecule has 5 heteroatoms. The second-order valence-electron chi connectivity index (χ2n) is 2.31. The summed E-state index contributed by atoms with van der Waals surface area (Å²) in [5.41, 5.74) is 0.